The average Bonchev–Trinajstić information content (AvgIpc) is 2.36. The standard InChI is InChI=1S/C18H29NO/c1-13(2)19-12-16-7-5-6-8-18(16)20-17-10-14(3)9-15(4)11-17/h5-8,13-15,17,19H,9-12H2,1-4H3. The molecule has 2 atom stereocenters. The minimum atomic E-state index is 0.383. The van der Waals surface area contributed by atoms with Crippen molar-refractivity contribution in [1.29, 1.82) is 0 Å². The summed E-state index contributed by atoms with van der Waals surface area (Å²) in [6.45, 7) is 9.92. The lowest BCUT2D eigenvalue weighted by Crippen LogP contribution is -2.29. The number of rotatable bonds is 5. The molecule has 2 unspecified atom stereocenters. The second-order valence-corrected chi connectivity index (χ2v) is 6.80. The van der Waals surface area contributed by atoms with Crippen LogP contribution in [0, 0.1) is 11.8 Å². The van der Waals surface area contributed by atoms with Crippen LogP contribution in [0.3, 0.4) is 0 Å². The average molecular weight is 275 g/mol. The predicted molar refractivity (Wildman–Crippen MR) is 85.0 cm³/mol. The van der Waals surface area contributed by atoms with Gasteiger partial charge in [0.15, 0.2) is 0 Å². The minimum absolute atomic E-state index is 0.383. The zero-order chi connectivity index (χ0) is 14.5. The first-order chi connectivity index (χ1) is 9.54. The molecule has 0 aromatic heterocycles. The summed E-state index contributed by atoms with van der Waals surface area (Å²) < 4.78 is 6.32. The van der Waals surface area contributed by atoms with E-state index >= 15 is 0 Å². The van der Waals surface area contributed by atoms with Crippen LogP contribution in [0.15, 0.2) is 24.3 Å². The Morgan fingerprint density at radius 2 is 1.75 bits per heavy atom. The molecule has 1 saturated carbocycles. The molecule has 2 rings (SSSR count). The topological polar surface area (TPSA) is 21.3 Å². The van der Waals surface area contributed by atoms with Crippen LogP contribution in [0.5, 0.6) is 5.75 Å². The summed E-state index contributed by atoms with van der Waals surface area (Å²) >= 11 is 0. The molecule has 0 bridgehead atoms. The van der Waals surface area contributed by atoms with Gasteiger partial charge in [-0.05, 0) is 37.2 Å². The summed E-state index contributed by atoms with van der Waals surface area (Å²) in [5.41, 5.74) is 1.27. The number of benzene rings is 1. The van der Waals surface area contributed by atoms with Crippen molar-refractivity contribution < 1.29 is 4.74 Å². The second-order valence-electron chi connectivity index (χ2n) is 6.80. The van der Waals surface area contributed by atoms with Crippen molar-refractivity contribution in [3.8, 4) is 5.75 Å². The summed E-state index contributed by atoms with van der Waals surface area (Å²) in [5.74, 6) is 2.63. The molecule has 1 N–H and O–H groups in total. The van der Waals surface area contributed by atoms with Gasteiger partial charge in [0.1, 0.15) is 5.75 Å². The Morgan fingerprint density at radius 1 is 1.10 bits per heavy atom. The molecule has 0 aliphatic heterocycles. The van der Waals surface area contributed by atoms with Crippen LogP contribution in [0.2, 0.25) is 0 Å². The third kappa shape index (κ3) is 4.52. The highest BCUT2D eigenvalue weighted by molar-refractivity contribution is 5.33. The zero-order valence-electron chi connectivity index (χ0n) is 13.4. The molecule has 1 aliphatic rings. The molecule has 0 spiro atoms. The van der Waals surface area contributed by atoms with E-state index in [0.717, 1.165) is 24.1 Å². The second kappa shape index (κ2) is 7.12. The van der Waals surface area contributed by atoms with Crippen LogP contribution in [-0.2, 0) is 6.54 Å². The first-order valence-corrected chi connectivity index (χ1v) is 8.02. The van der Waals surface area contributed by atoms with Crippen LogP contribution in [0.4, 0.5) is 0 Å². The summed E-state index contributed by atoms with van der Waals surface area (Å²) in [5, 5.41) is 3.48. The van der Waals surface area contributed by atoms with Gasteiger partial charge < -0.3 is 10.1 Å². The maximum atomic E-state index is 6.32. The normalized spacial score (nSPS) is 26.8. The maximum absolute atomic E-state index is 6.32. The van der Waals surface area contributed by atoms with Crippen molar-refractivity contribution in [2.75, 3.05) is 0 Å². The monoisotopic (exact) mass is 275 g/mol. The molecule has 112 valence electrons. The molecule has 0 radical (unpaired) electrons. The van der Waals surface area contributed by atoms with Crippen LogP contribution in [-0.4, -0.2) is 12.1 Å². The van der Waals surface area contributed by atoms with E-state index in [2.05, 4.69) is 57.3 Å². The van der Waals surface area contributed by atoms with Gasteiger partial charge in [-0.1, -0.05) is 45.9 Å². The molecule has 0 heterocycles. The van der Waals surface area contributed by atoms with Gasteiger partial charge in [0.05, 0.1) is 6.10 Å². The summed E-state index contributed by atoms with van der Waals surface area (Å²) in [7, 11) is 0. The van der Waals surface area contributed by atoms with Gasteiger partial charge >= 0.3 is 0 Å². The molecule has 1 fully saturated rings. The van der Waals surface area contributed by atoms with Crippen molar-refractivity contribution in [2.45, 2.75) is 65.6 Å². The van der Waals surface area contributed by atoms with E-state index in [1.54, 1.807) is 0 Å². The molecule has 1 aromatic carbocycles. The number of ether oxygens (including phenoxy) is 1. The van der Waals surface area contributed by atoms with Crippen molar-refractivity contribution in [3.63, 3.8) is 0 Å². The van der Waals surface area contributed by atoms with Crippen LogP contribution in [0.1, 0.15) is 52.5 Å². The van der Waals surface area contributed by atoms with Crippen molar-refractivity contribution in [1.82, 2.24) is 5.32 Å². The summed E-state index contributed by atoms with van der Waals surface area (Å²) in [6.07, 6.45) is 4.11. The van der Waals surface area contributed by atoms with Gasteiger partial charge in [-0.15, -0.1) is 0 Å². The first kappa shape index (κ1) is 15.4. The summed E-state index contributed by atoms with van der Waals surface area (Å²) in [6, 6.07) is 8.94. The first-order valence-electron chi connectivity index (χ1n) is 8.02. The van der Waals surface area contributed by atoms with Gasteiger partial charge in [-0.3, -0.25) is 0 Å². The van der Waals surface area contributed by atoms with E-state index in [9.17, 15) is 0 Å². The van der Waals surface area contributed by atoms with Crippen LogP contribution < -0.4 is 10.1 Å². The predicted octanol–water partition coefficient (Wildman–Crippen LogP) is 4.39. The lowest BCUT2D eigenvalue weighted by atomic mass is 9.82. The van der Waals surface area contributed by atoms with Crippen molar-refractivity contribution in [3.05, 3.63) is 29.8 Å². The van der Waals surface area contributed by atoms with E-state index in [1.807, 2.05) is 0 Å². The highest BCUT2D eigenvalue weighted by atomic mass is 16.5. The van der Waals surface area contributed by atoms with Gasteiger partial charge in [-0.2, -0.15) is 0 Å². The van der Waals surface area contributed by atoms with Crippen LogP contribution >= 0.6 is 0 Å². The third-order valence-corrected chi connectivity index (χ3v) is 4.10. The number of nitrogens with one attached hydrogen (secondary N) is 1. The van der Waals surface area contributed by atoms with E-state index in [4.69, 9.17) is 4.74 Å². The van der Waals surface area contributed by atoms with E-state index < -0.39 is 0 Å². The van der Waals surface area contributed by atoms with Crippen molar-refractivity contribution in [2.24, 2.45) is 11.8 Å². The fourth-order valence-electron chi connectivity index (χ4n) is 3.23. The van der Waals surface area contributed by atoms with E-state index in [-0.39, 0.29) is 0 Å². The maximum Gasteiger partial charge on any atom is 0.124 e. The molecule has 2 heteroatoms. The number of hydrogen-bond acceptors (Lipinski definition) is 2. The molecule has 1 aliphatic carbocycles. The van der Waals surface area contributed by atoms with Gasteiger partial charge in [0.2, 0.25) is 0 Å². The highest BCUT2D eigenvalue weighted by Gasteiger charge is 2.25. The Morgan fingerprint density at radius 3 is 2.40 bits per heavy atom. The SMILES string of the molecule is CC1CC(C)CC(Oc2ccccc2CNC(C)C)C1. The largest absolute Gasteiger partial charge is 0.490 e. The molecule has 2 nitrogen and oxygen atoms in total. The Balaban J connectivity index is 2.01. The Kier molecular flexibility index (Phi) is 5.47. The van der Waals surface area contributed by atoms with Gasteiger partial charge in [-0.25, -0.2) is 0 Å². The molecule has 0 amide bonds. The number of hydrogen-bond donors (Lipinski definition) is 1. The number of para-hydroxylation sites is 1. The molecule has 0 saturated heterocycles. The molecular formula is C18H29NO. The summed E-state index contributed by atoms with van der Waals surface area (Å²) in [4.78, 5) is 0. The third-order valence-electron chi connectivity index (χ3n) is 4.10. The highest BCUT2D eigenvalue weighted by Crippen LogP contribution is 2.32. The Bertz CT molecular complexity index is 406. The minimum Gasteiger partial charge on any atom is -0.490 e. The van der Waals surface area contributed by atoms with E-state index in [0.29, 0.717) is 12.1 Å². The van der Waals surface area contributed by atoms with Gasteiger partial charge in [0.25, 0.3) is 0 Å². The quantitative estimate of drug-likeness (QED) is 0.860. The van der Waals surface area contributed by atoms with Crippen molar-refractivity contribution >= 4 is 0 Å². The van der Waals surface area contributed by atoms with Gasteiger partial charge in [0, 0.05) is 18.2 Å². The zero-order valence-corrected chi connectivity index (χ0v) is 13.4. The van der Waals surface area contributed by atoms with Crippen LogP contribution in [0.25, 0.3) is 0 Å². The Hall–Kier alpha value is -1.02. The molecule has 1 aromatic rings. The lowest BCUT2D eigenvalue weighted by Gasteiger charge is -2.32. The fraction of sp³-hybridized carbons (Fsp3) is 0.667. The fourth-order valence-corrected chi connectivity index (χ4v) is 3.23. The molecule has 20 heavy (non-hydrogen) atoms. The Labute approximate surface area is 123 Å². The molecular weight excluding hydrogens is 246 g/mol. The smallest absolute Gasteiger partial charge is 0.124 e. The van der Waals surface area contributed by atoms with E-state index in [1.165, 1.54) is 24.8 Å². The lowest BCUT2D eigenvalue weighted by molar-refractivity contribution is 0.0999.